The summed E-state index contributed by atoms with van der Waals surface area (Å²) >= 11 is 1.63. The van der Waals surface area contributed by atoms with Gasteiger partial charge in [0.2, 0.25) is 0 Å². The van der Waals surface area contributed by atoms with Crippen LogP contribution in [0.25, 0.3) is 0 Å². The number of hydrogen-bond donors (Lipinski definition) is 1. The Balaban J connectivity index is 2.67. The molecule has 0 spiro atoms. The smallest absolute Gasteiger partial charge is 0.323 e. The van der Waals surface area contributed by atoms with E-state index in [0.29, 0.717) is 0 Å². The largest absolute Gasteiger partial charge is 0.480 e. The fourth-order valence-electron chi connectivity index (χ4n) is 1.73. The van der Waals surface area contributed by atoms with Crippen molar-refractivity contribution in [2.45, 2.75) is 19.4 Å². The van der Waals surface area contributed by atoms with E-state index in [2.05, 4.69) is 5.92 Å². The number of likely N-dealkylation sites (N-methyl/N-ethyl adjacent to an activating group) is 1. The van der Waals surface area contributed by atoms with E-state index in [1.165, 1.54) is 9.78 Å². The molecule has 0 aliphatic rings. The molecular weight excluding hydrogens is 276 g/mol. The van der Waals surface area contributed by atoms with Crippen molar-refractivity contribution in [2.24, 2.45) is 0 Å². The summed E-state index contributed by atoms with van der Waals surface area (Å²) in [6, 6.07) is 3.57. The first-order valence-electron chi connectivity index (χ1n) is 6.15. The molecule has 1 aromatic rings. The molecule has 1 rings (SSSR count). The van der Waals surface area contributed by atoms with Crippen molar-refractivity contribution in [1.82, 2.24) is 9.80 Å². The highest BCUT2D eigenvalue weighted by atomic mass is 32.1. The summed E-state index contributed by atoms with van der Waals surface area (Å²) in [5.74, 6) is 1.23. The number of aliphatic carboxylic acids is 1. The summed E-state index contributed by atoms with van der Waals surface area (Å²) in [4.78, 5) is 26.8. The van der Waals surface area contributed by atoms with E-state index in [0.717, 1.165) is 11.3 Å². The first kappa shape index (κ1) is 16.1. The average Bonchev–Trinajstić information content (AvgIpc) is 2.88. The SMILES string of the molecule is C#CCN(CC(=O)O)C(=O)N(C)C(C)Cc1cccs1. The molecule has 1 N–H and O–H groups in total. The highest BCUT2D eigenvalue weighted by Gasteiger charge is 2.23. The van der Waals surface area contributed by atoms with Crippen molar-refractivity contribution in [3.05, 3.63) is 22.4 Å². The number of nitrogens with zero attached hydrogens (tertiary/aromatic N) is 2. The van der Waals surface area contributed by atoms with E-state index >= 15 is 0 Å². The lowest BCUT2D eigenvalue weighted by Crippen LogP contribution is -2.47. The van der Waals surface area contributed by atoms with E-state index < -0.39 is 5.97 Å². The van der Waals surface area contributed by atoms with Crippen LogP contribution in [-0.2, 0) is 11.2 Å². The molecule has 6 heteroatoms. The molecule has 1 atom stereocenters. The van der Waals surface area contributed by atoms with Crippen LogP contribution in [0.3, 0.4) is 0 Å². The molecule has 0 fully saturated rings. The van der Waals surface area contributed by atoms with Crippen molar-refractivity contribution >= 4 is 23.3 Å². The van der Waals surface area contributed by atoms with Gasteiger partial charge in [0, 0.05) is 24.4 Å². The molecule has 1 unspecified atom stereocenters. The zero-order valence-corrected chi connectivity index (χ0v) is 12.4. The molecular formula is C14H18N2O3S. The van der Waals surface area contributed by atoms with Gasteiger partial charge in [0.25, 0.3) is 0 Å². The monoisotopic (exact) mass is 294 g/mol. The van der Waals surface area contributed by atoms with Crippen LogP contribution in [0.5, 0.6) is 0 Å². The second-order valence-electron chi connectivity index (χ2n) is 4.48. The maximum atomic E-state index is 12.2. The minimum Gasteiger partial charge on any atom is -0.480 e. The van der Waals surface area contributed by atoms with Crippen LogP contribution in [0.15, 0.2) is 17.5 Å². The highest BCUT2D eigenvalue weighted by molar-refractivity contribution is 7.09. The molecule has 5 nitrogen and oxygen atoms in total. The molecule has 0 aromatic carbocycles. The van der Waals surface area contributed by atoms with Gasteiger partial charge in [-0.2, -0.15) is 0 Å². The van der Waals surface area contributed by atoms with Crippen LogP contribution >= 0.6 is 11.3 Å². The molecule has 0 saturated heterocycles. The number of carbonyl (C=O) groups excluding carboxylic acids is 1. The number of urea groups is 1. The second kappa shape index (κ2) is 7.56. The lowest BCUT2D eigenvalue weighted by atomic mass is 10.2. The number of rotatable bonds is 6. The number of carbonyl (C=O) groups is 2. The third kappa shape index (κ3) is 4.59. The molecule has 1 heterocycles. The van der Waals surface area contributed by atoms with E-state index in [-0.39, 0.29) is 25.2 Å². The summed E-state index contributed by atoms with van der Waals surface area (Å²) in [6.45, 7) is 1.52. The molecule has 0 radical (unpaired) electrons. The number of carboxylic acids is 1. The first-order chi connectivity index (χ1) is 9.45. The van der Waals surface area contributed by atoms with Crippen LogP contribution in [0, 0.1) is 12.3 Å². The van der Waals surface area contributed by atoms with Gasteiger partial charge in [-0.15, -0.1) is 17.8 Å². The fourth-order valence-corrected chi connectivity index (χ4v) is 2.56. The van der Waals surface area contributed by atoms with Gasteiger partial charge >= 0.3 is 12.0 Å². The number of hydrogen-bond acceptors (Lipinski definition) is 3. The van der Waals surface area contributed by atoms with Gasteiger partial charge in [0.1, 0.15) is 6.54 Å². The maximum absolute atomic E-state index is 12.2. The van der Waals surface area contributed by atoms with E-state index in [9.17, 15) is 9.59 Å². The van der Waals surface area contributed by atoms with Gasteiger partial charge in [-0.1, -0.05) is 12.0 Å². The summed E-state index contributed by atoms with van der Waals surface area (Å²) in [5, 5.41) is 10.8. The molecule has 0 aliphatic heterocycles. The Hall–Kier alpha value is -2.00. The normalized spacial score (nSPS) is 11.4. The first-order valence-corrected chi connectivity index (χ1v) is 7.03. The Morgan fingerprint density at radius 3 is 2.75 bits per heavy atom. The Labute approximate surface area is 122 Å². The Morgan fingerprint density at radius 1 is 1.55 bits per heavy atom. The summed E-state index contributed by atoms with van der Waals surface area (Å²) in [7, 11) is 1.66. The number of terminal acetylenes is 1. The summed E-state index contributed by atoms with van der Waals surface area (Å²) in [5.41, 5.74) is 0. The van der Waals surface area contributed by atoms with Crippen LogP contribution in [-0.4, -0.2) is 53.1 Å². The topological polar surface area (TPSA) is 60.9 Å². The van der Waals surface area contributed by atoms with E-state index in [1.54, 1.807) is 18.4 Å². The molecule has 1 aromatic heterocycles. The molecule has 2 amide bonds. The third-order valence-corrected chi connectivity index (χ3v) is 3.82. The molecule has 0 aliphatic carbocycles. The molecule has 108 valence electrons. The van der Waals surface area contributed by atoms with Gasteiger partial charge in [-0.3, -0.25) is 4.79 Å². The zero-order chi connectivity index (χ0) is 15.1. The molecule has 20 heavy (non-hydrogen) atoms. The fraction of sp³-hybridized carbons (Fsp3) is 0.429. The predicted octanol–water partition coefficient (Wildman–Crippen LogP) is 1.75. The van der Waals surface area contributed by atoms with Crippen LogP contribution in [0.4, 0.5) is 4.79 Å². The highest BCUT2D eigenvalue weighted by Crippen LogP contribution is 2.14. The molecule has 0 bridgehead atoms. The summed E-state index contributed by atoms with van der Waals surface area (Å²) < 4.78 is 0. The van der Waals surface area contributed by atoms with Crippen molar-refractivity contribution in [1.29, 1.82) is 0 Å². The van der Waals surface area contributed by atoms with E-state index in [1.807, 2.05) is 24.4 Å². The number of carboxylic acid groups (broad SMARTS) is 1. The lowest BCUT2D eigenvalue weighted by molar-refractivity contribution is -0.137. The Bertz CT molecular complexity index is 493. The zero-order valence-electron chi connectivity index (χ0n) is 11.6. The predicted molar refractivity (Wildman–Crippen MR) is 78.7 cm³/mol. The van der Waals surface area contributed by atoms with Crippen LogP contribution < -0.4 is 0 Å². The van der Waals surface area contributed by atoms with E-state index in [4.69, 9.17) is 11.5 Å². The quantitative estimate of drug-likeness (QED) is 0.813. The number of amides is 2. The van der Waals surface area contributed by atoms with Crippen molar-refractivity contribution in [2.75, 3.05) is 20.1 Å². The maximum Gasteiger partial charge on any atom is 0.323 e. The van der Waals surface area contributed by atoms with Gasteiger partial charge in [-0.05, 0) is 18.4 Å². The average molecular weight is 294 g/mol. The second-order valence-corrected chi connectivity index (χ2v) is 5.51. The van der Waals surface area contributed by atoms with Gasteiger partial charge in [0.05, 0.1) is 6.54 Å². The van der Waals surface area contributed by atoms with Gasteiger partial charge in [-0.25, -0.2) is 4.79 Å². The standard InChI is InChI=1S/C14H18N2O3S/c1-4-7-16(10-13(17)18)14(19)15(3)11(2)9-12-6-5-8-20-12/h1,5-6,8,11H,7,9-10H2,2-3H3,(H,17,18). The lowest BCUT2D eigenvalue weighted by Gasteiger charge is -2.30. The summed E-state index contributed by atoms with van der Waals surface area (Å²) in [6.07, 6.45) is 5.91. The third-order valence-electron chi connectivity index (χ3n) is 2.92. The number of thiophene rings is 1. The Morgan fingerprint density at radius 2 is 2.25 bits per heavy atom. The minimum absolute atomic E-state index is 0.0127. The van der Waals surface area contributed by atoms with Crippen molar-refractivity contribution in [3.8, 4) is 12.3 Å². The van der Waals surface area contributed by atoms with Crippen LogP contribution in [0.2, 0.25) is 0 Å². The van der Waals surface area contributed by atoms with Crippen molar-refractivity contribution < 1.29 is 14.7 Å². The van der Waals surface area contributed by atoms with Crippen molar-refractivity contribution in [3.63, 3.8) is 0 Å². The van der Waals surface area contributed by atoms with Crippen LogP contribution in [0.1, 0.15) is 11.8 Å². The minimum atomic E-state index is -1.08. The molecule has 0 saturated carbocycles. The van der Waals surface area contributed by atoms with Gasteiger partial charge < -0.3 is 14.9 Å². The Kier molecular flexibility index (Phi) is 6.07. The van der Waals surface area contributed by atoms with Gasteiger partial charge in [0.15, 0.2) is 0 Å².